The number of hydrogen-bond acceptors (Lipinski definition) is 2. The number of nitrogens with one attached hydrogen (secondary N) is 1. The summed E-state index contributed by atoms with van der Waals surface area (Å²) >= 11 is 0. The summed E-state index contributed by atoms with van der Waals surface area (Å²) < 4.78 is 38.9. The number of rotatable bonds is 3. The van der Waals surface area contributed by atoms with Crippen molar-refractivity contribution in [3.63, 3.8) is 0 Å². The van der Waals surface area contributed by atoms with Crippen LogP contribution in [0.25, 0.3) is 0 Å². The third-order valence-electron chi connectivity index (χ3n) is 4.10. The normalized spacial score (nSPS) is 21.8. The van der Waals surface area contributed by atoms with Crippen LogP contribution in [0.15, 0.2) is 24.3 Å². The lowest BCUT2D eigenvalue weighted by Gasteiger charge is -2.28. The second kappa shape index (κ2) is 7.21. The molecule has 1 aliphatic rings. The van der Waals surface area contributed by atoms with Crippen molar-refractivity contribution in [2.45, 2.75) is 50.6 Å². The molecule has 2 N–H and O–H groups in total. The van der Waals surface area contributed by atoms with Crippen LogP contribution >= 0.6 is 0 Å². The van der Waals surface area contributed by atoms with Crippen molar-refractivity contribution in [2.24, 2.45) is 0 Å². The predicted molar refractivity (Wildman–Crippen MR) is 79.7 cm³/mol. The number of alkyl halides is 3. The smallest absolute Gasteiger partial charge is 0.393 e. The molecule has 128 valence electrons. The van der Waals surface area contributed by atoms with Crippen molar-refractivity contribution in [2.75, 3.05) is 7.05 Å². The molecule has 0 heterocycles. The molecular weight excluding hydrogens is 309 g/mol. The highest BCUT2D eigenvalue weighted by Crippen LogP contribution is 2.32. The lowest BCUT2D eigenvalue weighted by molar-refractivity contribution is -0.138. The Bertz CT molecular complexity index is 540. The molecule has 4 nitrogen and oxygen atoms in total. The van der Waals surface area contributed by atoms with Crippen LogP contribution in [0.5, 0.6) is 0 Å². The van der Waals surface area contributed by atoms with Gasteiger partial charge in [-0.1, -0.05) is 18.2 Å². The first-order valence-corrected chi connectivity index (χ1v) is 7.62. The quantitative estimate of drug-likeness (QED) is 0.894. The van der Waals surface area contributed by atoms with Crippen LogP contribution in [0.1, 0.15) is 36.8 Å². The number of amides is 2. The van der Waals surface area contributed by atoms with Crippen molar-refractivity contribution < 1.29 is 23.1 Å². The molecule has 0 saturated heterocycles. The van der Waals surface area contributed by atoms with Gasteiger partial charge in [-0.25, -0.2) is 4.79 Å². The summed E-state index contributed by atoms with van der Waals surface area (Å²) in [6.07, 6.45) is -2.14. The van der Waals surface area contributed by atoms with Crippen LogP contribution in [-0.2, 0) is 12.7 Å². The van der Waals surface area contributed by atoms with Gasteiger partial charge in [0.2, 0.25) is 0 Å². The number of nitrogens with zero attached hydrogens (tertiary/aromatic N) is 1. The van der Waals surface area contributed by atoms with E-state index in [1.54, 1.807) is 0 Å². The standard InChI is InChI=1S/C16H21F3N2O2/c1-21(15(23)20-12-6-8-13(22)9-7-12)10-11-4-2-3-5-14(11)16(17,18)19/h2-5,12-13,22H,6-10H2,1H3,(H,20,23). The van der Waals surface area contributed by atoms with Gasteiger partial charge < -0.3 is 15.3 Å². The molecule has 2 amide bonds. The van der Waals surface area contributed by atoms with Gasteiger partial charge in [0.25, 0.3) is 0 Å². The number of carbonyl (C=O) groups is 1. The molecule has 1 fully saturated rings. The van der Waals surface area contributed by atoms with Crippen molar-refractivity contribution >= 4 is 6.03 Å². The van der Waals surface area contributed by atoms with Crippen LogP contribution in [0.4, 0.5) is 18.0 Å². The Morgan fingerprint density at radius 3 is 2.48 bits per heavy atom. The maximum Gasteiger partial charge on any atom is 0.416 e. The van der Waals surface area contributed by atoms with Crippen LogP contribution in [0.3, 0.4) is 0 Å². The van der Waals surface area contributed by atoms with E-state index in [4.69, 9.17) is 0 Å². The summed E-state index contributed by atoms with van der Waals surface area (Å²) in [6, 6.07) is 4.82. The van der Waals surface area contributed by atoms with Gasteiger partial charge >= 0.3 is 12.2 Å². The highest BCUT2D eigenvalue weighted by Gasteiger charge is 2.33. The Morgan fingerprint density at radius 1 is 1.26 bits per heavy atom. The molecule has 1 aromatic rings. The first kappa shape index (κ1) is 17.6. The van der Waals surface area contributed by atoms with E-state index < -0.39 is 17.8 Å². The first-order valence-electron chi connectivity index (χ1n) is 7.62. The third-order valence-corrected chi connectivity index (χ3v) is 4.10. The van der Waals surface area contributed by atoms with Crippen molar-refractivity contribution in [1.29, 1.82) is 0 Å². The number of aliphatic hydroxyl groups excluding tert-OH is 1. The molecule has 7 heteroatoms. The van der Waals surface area contributed by atoms with Crippen LogP contribution < -0.4 is 5.32 Å². The van der Waals surface area contributed by atoms with Gasteiger partial charge in [-0.05, 0) is 37.3 Å². The molecule has 0 atom stereocenters. The Labute approximate surface area is 133 Å². The zero-order valence-corrected chi connectivity index (χ0v) is 12.9. The number of benzene rings is 1. The maximum absolute atomic E-state index is 13.0. The molecule has 23 heavy (non-hydrogen) atoms. The van der Waals surface area contributed by atoms with E-state index in [2.05, 4.69) is 5.32 Å². The number of halogens is 3. The Morgan fingerprint density at radius 2 is 1.87 bits per heavy atom. The zero-order chi connectivity index (χ0) is 17.0. The van der Waals surface area contributed by atoms with E-state index in [0.29, 0.717) is 25.7 Å². The van der Waals surface area contributed by atoms with Gasteiger partial charge in [0.1, 0.15) is 0 Å². The lowest BCUT2D eigenvalue weighted by Crippen LogP contribution is -2.44. The number of urea groups is 1. The highest BCUT2D eigenvalue weighted by molar-refractivity contribution is 5.74. The largest absolute Gasteiger partial charge is 0.416 e. The maximum atomic E-state index is 13.0. The van der Waals surface area contributed by atoms with E-state index in [1.807, 2.05) is 0 Å². The van der Waals surface area contributed by atoms with Crippen LogP contribution in [0.2, 0.25) is 0 Å². The van der Waals surface area contributed by atoms with Gasteiger partial charge in [0.15, 0.2) is 0 Å². The molecule has 0 unspecified atom stereocenters. The Balaban J connectivity index is 1.96. The number of aliphatic hydroxyl groups is 1. The third kappa shape index (κ3) is 4.86. The SMILES string of the molecule is CN(Cc1ccccc1C(F)(F)F)C(=O)NC1CCC(O)CC1. The van der Waals surface area contributed by atoms with Gasteiger partial charge in [-0.3, -0.25) is 0 Å². The van der Waals surface area contributed by atoms with Crippen molar-refractivity contribution in [3.05, 3.63) is 35.4 Å². The summed E-state index contributed by atoms with van der Waals surface area (Å²) in [5.74, 6) is 0. The van der Waals surface area contributed by atoms with Crippen molar-refractivity contribution in [3.8, 4) is 0 Å². The Kier molecular flexibility index (Phi) is 5.51. The number of carbonyl (C=O) groups excluding carboxylic acids is 1. The van der Waals surface area contributed by atoms with E-state index in [0.717, 1.165) is 6.07 Å². The molecular formula is C16H21F3N2O2. The van der Waals surface area contributed by atoms with Gasteiger partial charge in [-0.2, -0.15) is 13.2 Å². The topological polar surface area (TPSA) is 52.6 Å². The highest BCUT2D eigenvalue weighted by atomic mass is 19.4. The lowest BCUT2D eigenvalue weighted by atomic mass is 9.93. The van der Waals surface area contributed by atoms with Gasteiger partial charge in [-0.15, -0.1) is 0 Å². The average molecular weight is 330 g/mol. The monoisotopic (exact) mass is 330 g/mol. The number of hydrogen-bond donors (Lipinski definition) is 2. The van der Waals surface area contributed by atoms with E-state index >= 15 is 0 Å². The van der Waals surface area contributed by atoms with E-state index in [1.165, 1.54) is 30.1 Å². The minimum atomic E-state index is -4.44. The zero-order valence-electron chi connectivity index (χ0n) is 12.9. The average Bonchev–Trinajstić information content (AvgIpc) is 2.49. The second-order valence-corrected chi connectivity index (χ2v) is 5.97. The summed E-state index contributed by atoms with van der Waals surface area (Å²) in [5, 5.41) is 12.3. The fourth-order valence-corrected chi connectivity index (χ4v) is 2.77. The summed E-state index contributed by atoms with van der Waals surface area (Å²) in [4.78, 5) is 13.4. The molecule has 0 aliphatic heterocycles. The minimum Gasteiger partial charge on any atom is -0.393 e. The fourth-order valence-electron chi connectivity index (χ4n) is 2.77. The fraction of sp³-hybridized carbons (Fsp3) is 0.562. The molecule has 1 aromatic carbocycles. The summed E-state index contributed by atoms with van der Waals surface area (Å²) in [5.41, 5.74) is -0.655. The molecule has 0 radical (unpaired) electrons. The summed E-state index contributed by atoms with van der Waals surface area (Å²) in [7, 11) is 1.47. The molecule has 0 aromatic heterocycles. The molecule has 0 bridgehead atoms. The minimum absolute atomic E-state index is 0.0359. The van der Waals surface area contributed by atoms with Crippen LogP contribution in [-0.4, -0.2) is 35.2 Å². The molecule has 1 aliphatic carbocycles. The van der Waals surface area contributed by atoms with Crippen LogP contribution in [0, 0.1) is 0 Å². The Hall–Kier alpha value is -1.76. The predicted octanol–water partition coefficient (Wildman–Crippen LogP) is 3.15. The summed E-state index contributed by atoms with van der Waals surface area (Å²) in [6.45, 7) is -0.114. The molecule has 0 spiro atoms. The van der Waals surface area contributed by atoms with Gasteiger partial charge in [0.05, 0.1) is 11.7 Å². The first-order chi connectivity index (χ1) is 10.8. The molecule has 1 saturated carbocycles. The van der Waals surface area contributed by atoms with Gasteiger partial charge in [0, 0.05) is 19.6 Å². The van der Waals surface area contributed by atoms with E-state index in [9.17, 15) is 23.1 Å². The van der Waals surface area contributed by atoms with Crippen molar-refractivity contribution in [1.82, 2.24) is 10.2 Å². The van der Waals surface area contributed by atoms with E-state index in [-0.39, 0.29) is 24.3 Å². The second-order valence-electron chi connectivity index (χ2n) is 5.97. The molecule has 2 rings (SSSR count).